The average Bonchev–Trinajstić information content (AvgIpc) is 3.11. The van der Waals surface area contributed by atoms with Crippen molar-refractivity contribution < 1.29 is 17.6 Å². The molecule has 2 aromatic carbocycles. The molecule has 4 rings (SSSR count). The van der Waals surface area contributed by atoms with Crippen molar-refractivity contribution in [1.29, 1.82) is 0 Å². The summed E-state index contributed by atoms with van der Waals surface area (Å²) in [6, 6.07) is 11.7. The van der Waals surface area contributed by atoms with Crippen LogP contribution in [0.15, 0.2) is 56.2 Å². The second-order valence-corrected chi connectivity index (χ2v) is 7.78. The van der Waals surface area contributed by atoms with Gasteiger partial charge in [0.2, 0.25) is 5.91 Å². The highest BCUT2D eigenvalue weighted by Gasteiger charge is 2.30. The predicted molar refractivity (Wildman–Crippen MR) is 100 cm³/mol. The third-order valence-corrected chi connectivity index (χ3v) is 5.46. The van der Waals surface area contributed by atoms with E-state index in [-0.39, 0.29) is 23.2 Å². The van der Waals surface area contributed by atoms with Crippen LogP contribution in [-0.4, -0.2) is 43.6 Å². The number of aryl methyl sites for hydroxylation is 1. The van der Waals surface area contributed by atoms with Crippen LogP contribution in [0.4, 0.5) is 5.69 Å². The van der Waals surface area contributed by atoms with Crippen LogP contribution in [0.2, 0.25) is 0 Å². The van der Waals surface area contributed by atoms with Crippen molar-refractivity contribution in [3.8, 4) is 0 Å². The van der Waals surface area contributed by atoms with Crippen molar-refractivity contribution in [3.63, 3.8) is 0 Å². The predicted octanol–water partition coefficient (Wildman–Crippen LogP) is 2.16. The molecule has 0 bridgehead atoms. The minimum absolute atomic E-state index is 0.0570. The number of anilines is 1. The summed E-state index contributed by atoms with van der Waals surface area (Å²) in [6.07, 6.45) is 0. The van der Waals surface area contributed by atoms with E-state index in [1.165, 1.54) is 11.0 Å². The van der Waals surface area contributed by atoms with Gasteiger partial charge in [0.1, 0.15) is 10.4 Å². The van der Waals surface area contributed by atoms with Gasteiger partial charge in [-0.05, 0) is 30.3 Å². The summed E-state index contributed by atoms with van der Waals surface area (Å²) in [5.41, 5.74) is 2.37. The molecule has 0 atom stereocenters. The number of benzene rings is 2. The van der Waals surface area contributed by atoms with Crippen molar-refractivity contribution in [2.24, 2.45) is 4.40 Å². The van der Waals surface area contributed by atoms with Crippen molar-refractivity contribution in [2.45, 2.75) is 11.8 Å². The Morgan fingerprint density at radius 2 is 2.00 bits per heavy atom. The molecule has 27 heavy (non-hydrogen) atoms. The first-order chi connectivity index (χ1) is 12.8. The summed E-state index contributed by atoms with van der Waals surface area (Å²) in [4.78, 5) is 18.3. The zero-order valence-corrected chi connectivity index (χ0v) is 15.4. The van der Waals surface area contributed by atoms with Gasteiger partial charge in [0.25, 0.3) is 10.0 Å². The van der Waals surface area contributed by atoms with E-state index >= 15 is 0 Å². The van der Waals surface area contributed by atoms with Gasteiger partial charge in [-0.15, -0.1) is 4.40 Å². The van der Waals surface area contributed by atoms with E-state index in [1.54, 1.807) is 50.4 Å². The zero-order valence-electron chi connectivity index (χ0n) is 14.6. The fourth-order valence-electron chi connectivity index (χ4n) is 2.98. The molecular formula is C18H16N4O4S. The quantitative estimate of drug-likeness (QED) is 0.742. The summed E-state index contributed by atoms with van der Waals surface area (Å²) in [6.45, 7) is 1.69. The van der Waals surface area contributed by atoms with Gasteiger partial charge in [-0.1, -0.05) is 12.1 Å². The topological polar surface area (TPSA) is 105 Å². The van der Waals surface area contributed by atoms with E-state index < -0.39 is 10.0 Å². The maximum atomic E-state index is 12.4. The van der Waals surface area contributed by atoms with Crippen LogP contribution < -0.4 is 5.32 Å². The molecule has 1 aliphatic rings. The van der Waals surface area contributed by atoms with Crippen molar-refractivity contribution >= 4 is 38.6 Å². The molecule has 2 heterocycles. The smallest absolute Gasteiger partial charge is 0.285 e. The highest BCUT2D eigenvalue weighted by molar-refractivity contribution is 7.90. The number of carbonyl (C=O) groups is 1. The Labute approximate surface area is 155 Å². The molecule has 138 valence electrons. The first-order valence-electron chi connectivity index (χ1n) is 8.16. The number of likely N-dealkylation sites (N-methyl/N-ethyl adjacent to an activating group) is 1. The number of rotatable bonds is 3. The number of oxazole rings is 1. The lowest BCUT2D eigenvalue weighted by molar-refractivity contribution is -0.116. The molecule has 0 fully saturated rings. The fraction of sp³-hybridized carbons (Fsp3) is 0.167. The number of hydrogen-bond acceptors (Lipinski definition) is 6. The average molecular weight is 384 g/mol. The van der Waals surface area contributed by atoms with E-state index in [0.29, 0.717) is 28.2 Å². The molecule has 1 amide bonds. The van der Waals surface area contributed by atoms with E-state index in [1.807, 2.05) is 0 Å². The Kier molecular flexibility index (Phi) is 3.96. The highest BCUT2D eigenvalue weighted by Crippen LogP contribution is 2.27. The number of carbonyl (C=O) groups excluding carboxylic acids is 1. The van der Waals surface area contributed by atoms with Crippen LogP contribution in [0, 0.1) is 6.92 Å². The van der Waals surface area contributed by atoms with Gasteiger partial charge in [0.15, 0.2) is 17.3 Å². The first kappa shape index (κ1) is 17.2. The molecule has 8 nitrogen and oxygen atoms in total. The molecular weight excluding hydrogens is 368 g/mol. The third kappa shape index (κ3) is 3.17. The number of hydrogen-bond donors (Lipinski definition) is 1. The zero-order chi connectivity index (χ0) is 19.2. The lowest BCUT2D eigenvalue weighted by Crippen LogP contribution is -2.34. The summed E-state index contributed by atoms with van der Waals surface area (Å²) in [7, 11) is -2.10. The van der Waals surface area contributed by atoms with Gasteiger partial charge in [-0.25, -0.2) is 4.98 Å². The molecule has 3 aromatic rings. The Morgan fingerprint density at radius 3 is 2.81 bits per heavy atom. The Balaban J connectivity index is 1.51. The van der Waals surface area contributed by atoms with Crippen molar-refractivity contribution in [2.75, 3.05) is 18.9 Å². The van der Waals surface area contributed by atoms with Crippen LogP contribution in [0.3, 0.4) is 0 Å². The van der Waals surface area contributed by atoms with Crippen molar-refractivity contribution in [1.82, 2.24) is 9.88 Å². The minimum Gasteiger partial charge on any atom is -0.441 e. The van der Waals surface area contributed by atoms with Crippen LogP contribution in [0.1, 0.15) is 11.5 Å². The Hall–Kier alpha value is -3.20. The van der Waals surface area contributed by atoms with Gasteiger partial charge in [-0.3, -0.25) is 4.79 Å². The number of fused-ring (bicyclic) bond motifs is 2. The Morgan fingerprint density at radius 1 is 1.22 bits per heavy atom. The first-order valence-corrected chi connectivity index (χ1v) is 9.60. The molecule has 1 N–H and O–H groups in total. The number of amides is 1. The molecule has 0 radical (unpaired) electrons. The fourth-order valence-corrected chi connectivity index (χ4v) is 4.23. The van der Waals surface area contributed by atoms with Gasteiger partial charge < -0.3 is 14.6 Å². The molecule has 1 aromatic heterocycles. The second kappa shape index (κ2) is 6.20. The highest BCUT2D eigenvalue weighted by atomic mass is 32.2. The minimum atomic E-state index is -3.72. The number of nitrogens with zero attached hydrogens (tertiary/aromatic N) is 3. The molecule has 0 unspecified atom stereocenters. The van der Waals surface area contributed by atoms with Gasteiger partial charge in [0.05, 0.1) is 6.54 Å². The molecule has 0 saturated carbocycles. The monoisotopic (exact) mass is 384 g/mol. The molecule has 1 aliphatic heterocycles. The van der Waals surface area contributed by atoms with Crippen LogP contribution in [0.5, 0.6) is 0 Å². The van der Waals surface area contributed by atoms with E-state index in [0.717, 1.165) is 0 Å². The summed E-state index contributed by atoms with van der Waals surface area (Å²) < 4.78 is 33.5. The maximum absolute atomic E-state index is 12.4. The SMILES string of the molecule is Cc1nc2cc(NC(=O)CN(C)C3=NS(=O)(=O)c4ccccc43)ccc2o1. The standard InChI is InChI=1S/C18H16N4O4S/c1-11-19-14-9-12(7-8-15(14)26-11)20-17(23)10-22(2)18-13-5-3-4-6-16(13)27(24,25)21-18/h3-9H,10H2,1-2H3,(H,20,23). The number of aromatic nitrogens is 1. The number of sulfonamides is 1. The molecule has 0 aliphatic carbocycles. The van der Waals surface area contributed by atoms with Crippen LogP contribution in [0.25, 0.3) is 11.1 Å². The third-order valence-electron chi connectivity index (χ3n) is 4.13. The van der Waals surface area contributed by atoms with E-state index in [9.17, 15) is 13.2 Å². The largest absolute Gasteiger partial charge is 0.441 e. The molecule has 0 saturated heterocycles. The van der Waals surface area contributed by atoms with Gasteiger partial charge in [0, 0.05) is 25.2 Å². The molecule has 9 heteroatoms. The lowest BCUT2D eigenvalue weighted by atomic mass is 10.2. The molecule has 0 spiro atoms. The maximum Gasteiger partial charge on any atom is 0.285 e. The van der Waals surface area contributed by atoms with Crippen molar-refractivity contribution in [3.05, 3.63) is 53.9 Å². The summed E-state index contributed by atoms with van der Waals surface area (Å²) >= 11 is 0. The van der Waals surface area contributed by atoms with Gasteiger partial charge >= 0.3 is 0 Å². The summed E-state index contributed by atoms with van der Waals surface area (Å²) in [5, 5.41) is 2.78. The second-order valence-electron chi connectivity index (χ2n) is 6.21. The van der Waals surface area contributed by atoms with E-state index in [4.69, 9.17) is 4.42 Å². The van der Waals surface area contributed by atoms with Crippen LogP contribution >= 0.6 is 0 Å². The lowest BCUT2D eigenvalue weighted by Gasteiger charge is -2.18. The van der Waals surface area contributed by atoms with Crippen LogP contribution in [-0.2, 0) is 14.8 Å². The number of amidine groups is 1. The van der Waals surface area contributed by atoms with Gasteiger partial charge in [-0.2, -0.15) is 8.42 Å². The Bertz CT molecular complexity index is 1200. The number of nitrogens with one attached hydrogen (secondary N) is 1. The normalized spacial score (nSPS) is 14.7. The van der Waals surface area contributed by atoms with E-state index in [2.05, 4.69) is 14.7 Å². The summed E-state index contributed by atoms with van der Waals surface area (Å²) in [5.74, 6) is 0.497.